The van der Waals surface area contributed by atoms with Gasteiger partial charge in [0.15, 0.2) is 0 Å². The molecule has 2 heteroatoms. The van der Waals surface area contributed by atoms with E-state index in [-0.39, 0.29) is 4.75 Å². The Balaban J connectivity index is 1.81. The van der Waals surface area contributed by atoms with Gasteiger partial charge in [0.2, 0.25) is 0 Å². The lowest BCUT2D eigenvalue weighted by molar-refractivity contribution is 0.403. The highest BCUT2D eigenvalue weighted by atomic mass is 32.2. The van der Waals surface area contributed by atoms with Crippen molar-refractivity contribution >= 4 is 11.8 Å². The molecule has 1 saturated heterocycles. The van der Waals surface area contributed by atoms with E-state index in [2.05, 4.69) is 115 Å². The van der Waals surface area contributed by atoms with Crippen molar-refractivity contribution in [3.05, 3.63) is 108 Å². The van der Waals surface area contributed by atoms with Crippen molar-refractivity contribution in [2.24, 2.45) is 5.92 Å². The minimum Gasteiger partial charge on any atom is -0.306 e. The summed E-state index contributed by atoms with van der Waals surface area (Å²) < 4.78 is -0.176. The number of likely N-dealkylation sites (tertiary alicyclic amines) is 1. The molecule has 0 N–H and O–H groups in total. The van der Waals surface area contributed by atoms with Crippen LogP contribution in [0.4, 0.5) is 0 Å². The average molecular weight is 374 g/mol. The van der Waals surface area contributed by atoms with E-state index in [4.69, 9.17) is 0 Å². The molecule has 1 aliphatic heterocycles. The van der Waals surface area contributed by atoms with Crippen molar-refractivity contribution < 1.29 is 0 Å². The van der Waals surface area contributed by atoms with Crippen LogP contribution in [0.5, 0.6) is 0 Å². The summed E-state index contributed by atoms with van der Waals surface area (Å²) in [5.41, 5.74) is 4.08. The molecule has 1 aliphatic rings. The Bertz CT molecular complexity index is 735. The summed E-state index contributed by atoms with van der Waals surface area (Å²) in [5, 5.41) is 0. The van der Waals surface area contributed by atoms with Crippen LogP contribution in [0, 0.1) is 5.92 Å². The standard InChI is InChI=1S/C25H27NS/c1-26-18-17-21(19-26)20-27-25(22-11-5-2-6-12-22,23-13-7-3-8-14-23)24-15-9-4-10-16-24/h2-16,21H,17-20H2,1H3. The SMILES string of the molecule is CN1CCC(CSC(c2ccccc2)(c2ccccc2)c2ccccc2)C1. The normalized spacial score (nSPS) is 17.9. The summed E-state index contributed by atoms with van der Waals surface area (Å²) >= 11 is 2.10. The zero-order chi connectivity index (χ0) is 18.5. The summed E-state index contributed by atoms with van der Waals surface area (Å²) in [6.45, 7) is 2.43. The molecule has 3 aromatic rings. The van der Waals surface area contributed by atoms with Crippen molar-refractivity contribution in [3.63, 3.8) is 0 Å². The summed E-state index contributed by atoms with van der Waals surface area (Å²) in [6, 6.07) is 33.0. The van der Waals surface area contributed by atoms with E-state index >= 15 is 0 Å². The first kappa shape index (κ1) is 18.3. The monoisotopic (exact) mass is 373 g/mol. The van der Waals surface area contributed by atoms with Crippen LogP contribution in [-0.4, -0.2) is 30.8 Å². The highest BCUT2D eigenvalue weighted by molar-refractivity contribution is 8.00. The molecule has 4 rings (SSSR count). The minimum absolute atomic E-state index is 0.176. The Kier molecular flexibility index (Phi) is 5.66. The molecular formula is C25H27NS. The first-order chi connectivity index (χ1) is 13.3. The number of hydrogen-bond acceptors (Lipinski definition) is 2. The van der Waals surface area contributed by atoms with Crippen LogP contribution >= 0.6 is 11.8 Å². The van der Waals surface area contributed by atoms with Gasteiger partial charge in [-0.05, 0) is 48.4 Å². The zero-order valence-corrected chi connectivity index (χ0v) is 16.7. The summed E-state index contributed by atoms with van der Waals surface area (Å²) in [7, 11) is 2.24. The molecule has 1 nitrogen and oxygen atoms in total. The van der Waals surface area contributed by atoms with E-state index in [0.717, 1.165) is 5.92 Å². The van der Waals surface area contributed by atoms with Crippen LogP contribution in [0.2, 0.25) is 0 Å². The van der Waals surface area contributed by atoms with Gasteiger partial charge in [-0.25, -0.2) is 0 Å². The molecule has 27 heavy (non-hydrogen) atoms. The van der Waals surface area contributed by atoms with Crippen molar-refractivity contribution in [3.8, 4) is 0 Å². The van der Waals surface area contributed by atoms with Gasteiger partial charge in [0.1, 0.15) is 0 Å². The van der Waals surface area contributed by atoms with Crippen molar-refractivity contribution in [1.29, 1.82) is 0 Å². The third-order valence-electron chi connectivity index (χ3n) is 5.57. The second-order valence-corrected chi connectivity index (χ2v) is 8.74. The Labute approximate surface area is 167 Å². The maximum atomic E-state index is 2.46. The third kappa shape index (κ3) is 3.83. The number of benzene rings is 3. The van der Waals surface area contributed by atoms with E-state index < -0.39 is 0 Å². The number of hydrogen-bond donors (Lipinski definition) is 0. The van der Waals surface area contributed by atoms with E-state index in [0.29, 0.717) is 0 Å². The Morgan fingerprint density at radius 3 is 1.59 bits per heavy atom. The zero-order valence-electron chi connectivity index (χ0n) is 15.9. The lowest BCUT2D eigenvalue weighted by Gasteiger charge is -2.36. The number of rotatable bonds is 6. The lowest BCUT2D eigenvalue weighted by atomic mass is 9.84. The number of thioether (sulfide) groups is 1. The maximum absolute atomic E-state index is 2.46. The molecule has 0 amide bonds. The van der Waals surface area contributed by atoms with E-state index in [1.54, 1.807) is 0 Å². The Morgan fingerprint density at radius 1 is 0.778 bits per heavy atom. The van der Waals surface area contributed by atoms with Gasteiger partial charge in [0.25, 0.3) is 0 Å². The van der Waals surface area contributed by atoms with E-state index in [1.807, 2.05) is 0 Å². The van der Waals surface area contributed by atoms with Crippen LogP contribution < -0.4 is 0 Å². The van der Waals surface area contributed by atoms with Crippen LogP contribution in [0.3, 0.4) is 0 Å². The second-order valence-electron chi connectivity index (χ2n) is 7.51. The van der Waals surface area contributed by atoms with Crippen molar-refractivity contribution in [1.82, 2.24) is 4.90 Å². The second kappa shape index (κ2) is 8.33. The summed E-state index contributed by atoms with van der Waals surface area (Å²) in [6.07, 6.45) is 1.30. The van der Waals surface area contributed by atoms with Gasteiger partial charge < -0.3 is 4.90 Å². The smallest absolute Gasteiger partial charge is 0.0907 e. The van der Waals surface area contributed by atoms with Crippen LogP contribution in [0.25, 0.3) is 0 Å². The molecular weight excluding hydrogens is 346 g/mol. The molecule has 1 heterocycles. The summed E-state index contributed by atoms with van der Waals surface area (Å²) in [5.74, 6) is 1.93. The van der Waals surface area contributed by atoms with Crippen LogP contribution in [0.1, 0.15) is 23.1 Å². The first-order valence-corrected chi connectivity index (χ1v) is 10.8. The van der Waals surface area contributed by atoms with E-state index in [1.165, 1.54) is 42.0 Å². The van der Waals surface area contributed by atoms with Crippen molar-refractivity contribution in [2.45, 2.75) is 11.2 Å². The molecule has 0 bridgehead atoms. The van der Waals surface area contributed by atoms with Crippen LogP contribution in [-0.2, 0) is 4.75 Å². The fourth-order valence-electron chi connectivity index (χ4n) is 4.17. The van der Waals surface area contributed by atoms with Gasteiger partial charge in [-0.2, -0.15) is 0 Å². The van der Waals surface area contributed by atoms with Gasteiger partial charge in [-0.1, -0.05) is 91.0 Å². The third-order valence-corrected chi connectivity index (χ3v) is 7.34. The molecule has 0 saturated carbocycles. The van der Waals surface area contributed by atoms with Gasteiger partial charge in [-0.15, -0.1) is 11.8 Å². The Morgan fingerprint density at radius 2 is 1.22 bits per heavy atom. The topological polar surface area (TPSA) is 3.24 Å². The molecule has 0 radical (unpaired) electrons. The fraction of sp³-hybridized carbons (Fsp3) is 0.280. The molecule has 0 aromatic heterocycles. The first-order valence-electron chi connectivity index (χ1n) is 9.78. The van der Waals surface area contributed by atoms with Crippen molar-refractivity contribution in [2.75, 3.05) is 25.9 Å². The fourth-order valence-corrected chi connectivity index (χ4v) is 5.84. The molecule has 1 unspecified atom stereocenters. The van der Waals surface area contributed by atoms with Gasteiger partial charge >= 0.3 is 0 Å². The molecule has 3 aromatic carbocycles. The highest BCUT2D eigenvalue weighted by Gasteiger charge is 2.37. The Hall–Kier alpha value is -2.03. The van der Waals surface area contributed by atoms with Gasteiger partial charge in [-0.3, -0.25) is 0 Å². The van der Waals surface area contributed by atoms with Gasteiger partial charge in [0, 0.05) is 6.54 Å². The molecule has 138 valence electrons. The average Bonchev–Trinajstić information content (AvgIpc) is 3.16. The quantitative estimate of drug-likeness (QED) is 0.513. The highest BCUT2D eigenvalue weighted by Crippen LogP contribution is 2.49. The van der Waals surface area contributed by atoms with E-state index in [9.17, 15) is 0 Å². The minimum atomic E-state index is -0.176. The molecule has 1 fully saturated rings. The summed E-state index contributed by atoms with van der Waals surface area (Å²) in [4.78, 5) is 2.46. The predicted molar refractivity (Wildman–Crippen MR) is 117 cm³/mol. The molecule has 1 atom stereocenters. The maximum Gasteiger partial charge on any atom is 0.0907 e. The largest absolute Gasteiger partial charge is 0.306 e. The molecule has 0 spiro atoms. The predicted octanol–water partition coefficient (Wildman–Crippen LogP) is 5.66. The molecule has 0 aliphatic carbocycles. The number of nitrogens with zero attached hydrogens (tertiary/aromatic N) is 1. The lowest BCUT2D eigenvalue weighted by Crippen LogP contribution is -2.27. The van der Waals surface area contributed by atoms with Crippen LogP contribution in [0.15, 0.2) is 91.0 Å². The van der Waals surface area contributed by atoms with Gasteiger partial charge in [0.05, 0.1) is 4.75 Å².